The predicted octanol–water partition coefficient (Wildman–Crippen LogP) is 0.737. The van der Waals surface area contributed by atoms with Crippen molar-refractivity contribution in [3.8, 4) is 0 Å². The number of benzene rings is 1. The number of anilines is 1. The van der Waals surface area contributed by atoms with Crippen LogP contribution in [0, 0.1) is 0 Å². The lowest BCUT2D eigenvalue weighted by atomic mass is 10.3. The molecule has 162 valence electrons. The van der Waals surface area contributed by atoms with Crippen molar-refractivity contribution in [2.24, 2.45) is 0 Å². The van der Waals surface area contributed by atoms with Gasteiger partial charge in [0.25, 0.3) is 0 Å². The third-order valence-electron chi connectivity index (χ3n) is 4.73. The van der Waals surface area contributed by atoms with Gasteiger partial charge in [-0.25, -0.2) is 23.1 Å². The number of sulfonamides is 1. The SMILES string of the molecule is O=C(CCNS(=O)(=O)c1ccccc1Cl)NCCN1CCN(c2ncccn2)CC1. The van der Waals surface area contributed by atoms with Gasteiger partial charge in [0.1, 0.15) is 4.90 Å². The monoisotopic (exact) mass is 452 g/mol. The predicted molar refractivity (Wildman–Crippen MR) is 115 cm³/mol. The maximum absolute atomic E-state index is 12.2. The number of carbonyl (C=O) groups excluding carboxylic acids is 1. The Morgan fingerprint density at radius 3 is 2.43 bits per heavy atom. The molecule has 0 saturated carbocycles. The average Bonchev–Trinajstić information content (AvgIpc) is 2.75. The minimum Gasteiger partial charge on any atom is -0.355 e. The zero-order valence-electron chi connectivity index (χ0n) is 16.5. The van der Waals surface area contributed by atoms with E-state index in [4.69, 9.17) is 11.6 Å². The van der Waals surface area contributed by atoms with Crippen molar-refractivity contribution >= 4 is 33.5 Å². The maximum atomic E-state index is 12.2. The molecule has 2 heterocycles. The van der Waals surface area contributed by atoms with Crippen molar-refractivity contribution in [3.63, 3.8) is 0 Å². The van der Waals surface area contributed by atoms with Crippen LogP contribution in [0.25, 0.3) is 0 Å². The summed E-state index contributed by atoms with van der Waals surface area (Å²) in [7, 11) is -3.74. The summed E-state index contributed by atoms with van der Waals surface area (Å²) in [5.74, 6) is 0.540. The Bertz CT molecular complexity index is 936. The van der Waals surface area contributed by atoms with Crippen LogP contribution >= 0.6 is 11.6 Å². The maximum Gasteiger partial charge on any atom is 0.242 e. The third kappa shape index (κ3) is 6.36. The molecule has 0 atom stereocenters. The van der Waals surface area contributed by atoms with Gasteiger partial charge in [0.2, 0.25) is 21.9 Å². The van der Waals surface area contributed by atoms with E-state index in [2.05, 4.69) is 29.8 Å². The fourth-order valence-electron chi connectivity index (χ4n) is 3.11. The van der Waals surface area contributed by atoms with Gasteiger partial charge in [0.15, 0.2) is 0 Å². The summed E-state index contributed by atoms with van der Waals surface area (Å²) < 4.78 is 26.9. The van der Waals surface area contributed by atoms with E-state index in [0.717, 1.165) is 38.7 Å². The zero-order chi connectivity index (χ0) is 21.4. The van der Waals surface area contributed by atoms with Crippen molar-refractivity contribution in [2.45, 2.75) is 11.3 Å². The molecule has 1 aromatic heterocycles. The van der Waals surface area contributed by atoms with Gasteiger partial charge >= 0.3 is 0 Å². The van der Waals surface area contributed by atoms with Gasteiger partial charge in [-0.3, -0.25) is 9.69 Å². The number of aromatic nitrogens is 2. The Labute approximate surface area is 181 Å². The minimum atomic E-state index is -3.74. The number of hydrogen-bond acceptors (Lipinski definition) is 7. The summed E-state index contributed by atoms with van der Waals surface area (Å²) in [6.45, 7) is 4.66. The molecule has 2 aromatic rings. The molecule has 1 saturated heterocycles. The number of hydrogen-bond donors (Lipinski definition) is 2. The Balaban J connectivity index is 1.32. The molecule has 0 unspecified atom stereocenters. The van der Waals surface area contributed by atoms with Crippen LogP contribution in [0.5, 0.6) is 0 Å². The summed E-state index contributed by atoms with van der Waals surface area (Å²) in [6, 6.07) is 7.98. The van der Waals surface area contributed by atoms with Gasteiger partial charge in [-0.05, 0) is 18.2 Å². The van der Waals surface area contributed by atoms with Gasteiger partial charge in [0.05, 0.1) is 5.02 Å². The van der Waals surface area contributed by atoms with Crippen LogP contribution < -0.4 is 14.9 Å². The van der Waals surface area contributed by atoms with Crippen LogP contribution in [0.15, 0.2) is 47.6 Å². The summed E-state index contributed by atoms with van der Waals surface area (Å²) in [4.78, 5) is 24.9. The summed E-state index contributed by atoms with van der Waals surface area (Å²) in [6.07, 6.45) is 3.53. The van der Waals surface area contributed by atoms with Crippen LogP contribution in [-0.2, 0) is 14.8 Å². The van der Waals surface area contributed by atoms with Crippen LogP contribution in [0.1, 0.15) is 6.42 Å². The highest BCUT2D eigenvalue weighted by atomic mass is 35.5. The van der Waals surface area contributed by atoms with Gasteiger partial charge in [-0.15, -0.1) is 0 Å². The van der Waals surface area contributed by atoms with Crippen LogP contribution in [0.4, 0.5) is 5.95 Å². The normalized spacial score (nSPS) is 15.2. The highest BCUT2D eigenvalue weighted by molar-refractivity contribution is 7.89. The lowest BCUT2D eigenvalue weighted by Gasteiger charge is -2.34. The lowest BCUT2D eigenvalue weighted by Crippen LogP contribution is -2.49. The molecule has 1 fully saturated rings. The molecule has 0 radical (unpaired) electrons. The van der Waals surface area contributed by atoms with E-state index < -0.39 is 10.0 Å². The molecule has 9 nitrogen and oxygen atoms in total. The van der Waals surface area contributed by atoms with E-state index in [0.29, 0.717) is 6.54 Å². The van der Waals surface area contributed by atoms with Crippen LogP contribution in [0.2, 0.25) is 5.02 Å². The molecule has 1 aromatic carbocycles. The van der Waals surface area contributed by atoms with E-state index in [1.165, 1.54) is 12.1 Å². The number of amides is 1. The molecule has 11 heteroatoms. The molecule has 1 aliphatic rings. The number of nitrogens with one attached hydrogen (secondary N) is 2. The third-order valence-corrected chi connectivity index (χ3v) is 6.69. The van der Waals surface area contributed by atoms with Crippen LogP contribution in [0.3, 0.4) is 0 Å². The minimum absolute atomic E-state index is 0.00659. The molecular formula is C19H25ClN6O3S. The molecule has 3 rings (SSSR count). The molecule has 30 heavy (non-hydrogen) atoms. The number of piperazine rings is 1. The quantitative estimate of drug-likeness (QED) is 0.577. The second-order valence-corrected chi connectivity index (χ2v) is 8.95. The highest BCUT2D eigenvalue weighted by Crippen LogP contribution is 2.19. The molecular weight excluding hydrogens is 428 g/mol. The second kappa shape index (κ2) is 10.7. The standard InChI is InChI=1S/C19H25ClN6O3S/c20-16-4-1-2-5-17(16)30(28,29)24-9-6-18(27)21-10-11-25-12-14-26(15-13-25)19-22-7-3-8-23-19/h1-5,7-8,24H,6,9-15H2,(H,21,27). The van der Waals surface area contributed by atoms with E-state index in [1.807, 2.05) is 0 Å². The van der Waals surface area contributed by atoms with Gasteiger partial charge in [-0.1, -0.05) is 23.7 Å². The summed E-state index contributed by atoms with van der Waals surface area (Å²) >= 11 is 5.92. The molecule has 1 amide bonds. The molecule has 1 aliphatic heterocycles. The van der Waals surface area contributed by atoms with Gasteiger partial charge < -0.3 is 10.2 Å². The second-order valence-electron chi connectivity index (χ2n) is 6.81. The largest absolute Gasteiger partial charge is 0.355 e. The first-order chi connectivity index (χ1) is 14.5. The summed E-state index contributed by atoms with van der Waals surface area (Å²) in [5, 5.41) is 2.98. The lowest BCUT2D eigenvalue weighted by molar-refractivity contribution is -0.120. The highest BCUT2D eigenvalue weighted by Gasteiger charge is 2.19. The average molecular weight is 453 g/mol. The fraction of sp³-hybridized carbons (Fsp3) is 0.421. The Morgan fingerprint density at radius 2 is 1.73 bits per heavy atom. The van der Waals surface area contributed by atoms with Crippen molar-refractivity contribution in [1.82, 2.24) is 24.9 Å². The molecule has 2 N–H and O–H groups in total. The van der Waals surface area contributed by atoms with Gasteiger partial charge in [0, 0.05) is 64.6 Å². The number of nitrogens with zero attached hydrogens (tertiary/aromatic N) is 4. The fourth-order valence-corrected chi connectivity index (χ4v) is 4.66. The first kappa shape index (κ1) is 22.4. The van der Waals surface area contributed by atoms with Crippen molar-refractivity contribution in [2.75, 3.05) is 50.7 Å². The van der Waals surface area contributed by atoms with Crippen molar-refractivity contribution in [3.05, 3.63) is 47.7 Å². The Morgan fingerprint density at radius 1 is 1.03 bits per heavy atom. The van der Waals surface area contributed by atoms with E-state index in [9.17, 15) is 13.2 Å². The number of carbonyl (C=O) groups is 1. The van der Waals surface area contributed by atoms with E-state index >= 15 is 0 Å². The number of halogens is 1. The van der Waals surface area contributed by atoms with Crippen molar-refractivity contribution in [1.29, 1.82) is 0 Å². The first-order valence-electron chi connectivity index (χ1n) is 9.71. The Hall–Kier alpha value is -2.27. The van der Waals surface area contributed by atoms with E-state index in [1.54, 1.807) is 30.6 Å². The van der Waals surface area contributed by atoms with Gasteiger partial charge in [-0.2, -0.15) is 0 Å². The molecule has 0 spiro atoms. The molecule has 0 aliphatic carbocycles. The smallest absolute Gasteiger partial charge is 0.242 e. The van der Waals surface area contributed by atoms with Crippen molar-refractivity contribution < 1.29 is 13.2 Å². The summed E-state index contributed by atoms with van der Waals surface area (Å²) in [5.41, 5.74) is 0. The zero-order valence-corrected chi connectivity index (χ0v) is 18.1. The number of rotatable bonds is 9. The van der Waals surface area contributed by atoms with E-state index in [-0.39, 0.29) is 28.8 Å². The topological polar surface area (TPSA) is 108 Å². The van der Waals surface area contributed by atoms with Crippen LogP contribution in [-0.4, -0.2) is 75.0 Å². The molecule has 0 bridgehead atoms. The Kier molecular flexibility index (Phi) is 7.97. The first-order valence-corrected chi connectivity index (χ1v) is 11.6.